The first-order valence-corrected chi connectivity index (χ1v) is 7.57. The van der Waals surface area contributed by atoms with Crippen LogP contribution in [0.1, 0.15) is 11.1 Å². The van der Waals surface area contributed by atoms with Crippen molar-refractivity contribution in [3.8, 4) is 18.2 Å². The second kappa shape index (κ2) is 7.12. The molecule has 0 saturated carbocycles. The van der Waals surface area contributed by atoms with Crippen LogP contribution in [0.4, 0.5) is 10.2 Å². The van der Waals surface area contributed by atoms with Crippen LogP contribution in [-0.2, 0) is 6.61 Å². The lowest BCUT2D eigenvalue weighted by molar-refractivity contribution is 0.288. The van der Waals surface area contributed by atoms with Crippen molar-refractivity contribution in [2.24, 2.45) is 0 Å². The Hall–Kier alpha value is -2.58. The first-order chi connectivity index (χ1) is 11.3. The molecular formula is C18H18FN3O. The van der Waals surface area contributed by atoms with Crippen molar-refractivity contribution in [1.82, 2.24) is 10.3 Å². The molecule has 118 valence electrons. The number of aromatic nitrogens is 1. The van der Waals surface area contributed by atoms with Crippen molar-refractivity contribution in [1.29, 1.82) is 0 Å². The zero-order valence-electron chi connectivity index (χ0n) is 12.8. The van der Waals surface area contributed by atoms with E-state index < -0.39 is 0 Å². The molecule has 1 aromatic heterocycles. The van der Waals surface area contributed by atoms with Gasteiger partial charge in [-0.05, 0) is 18.2 Å². The Balaban J connectivity index is 1.67. The van der Waals surface area contributed by atoms with Gasteiger partial charge in [-0.3, -0.25) is 0 Å². The van der Waals surface area contributed by atoms with Crippen LogP contribution in [0, 0.1) is 18.2 Å². The van der Waals surface area contributed by atoms with Gasteiger partial charge in [0, 0.05) is 43.4 Å². The van der Waals surface area contributed by atoms with Crippen LogP contribution in [0.25, 0.3) is 0 Å². The minimum absolute atomic E-state index is 0.120. The molecule has 5 heteroatoms. The van der Waals surface area contributed by atoms with Gasteiger partial charge in [-0.2, -0.15) is 4.98 Å². The van der Waals surface area contributed by atoms with Gasteiger partial charge in [0.25, 0.3) is 0 Å². The lowest BCUT2D eigenvalue weighted by Crippen LogP contribution is -2.43. The molecule has 0 amide bonds. The van der Waals surface area contributed by atoms with E-state index in [-0.39, 0.29) is 12.4 Å². The number of nitrogens with zero attached hydrogens (tertiary/aromatic N) is 2. The van der Waals surface area contributed by atoms with E-state index >= 15 is 0 Å². The van der Waals surface area contributed by atoms with Gasteiger partial charge in [0.05, 0.1) is 0 Å². The summed E-state index contributed by atoms with van der Waals surface area (Å²) in [6, 6.07) is 10.3. The van der Waals surface area contributed by atoms with Crippen LogP contribution in [0.2, 0.25) is 0 Å². The molecule has 2 heterocycles. The maximum absolute atomic E-state index is 13.9. The number of anilines is 1. The fourth-order valence-electron chi connectivity index (χ4n) is 2.46. The molecule has 0 bridgehead atoms. The maximum Gasteiger partial charge on any atom is 0.215 e. The van der Waals surface area contributed by atoms with Crippen LogP contribution < -0.4 is 15.0 Å². The SMILES string of the molecule is C#Cc1ccc(COc2cccc(N3CCNCC3)n2)c(F)c1. The van der Waals surface area contributed by atoms with Gasteiger partial charge in [-0.15, -0.1) is 6.42 Å². The number of hydrogen-bond donors (Lipinski definition) is 1. The Labute approximate surface area is 135 Å². The highest BCUT2D eigenvalue weighted by molar-refractivity contribution is 5.41. The number of ether oxygens (including phenoxy) is 1. The Morgan fingerprint density at radius 3 is 2.83 bits per heavy atom. The Morgan fingerprint density at radius 1 is 1.26 bits per heavy atom. The van der Waals surface area contributed by atoms with Gasteiger partial charge in [-0.1, -0.05) is 18.1 Å². The third-order valence-corrected chi connectivity index (χ3v) is 3.75. The van der Waals surface area contributed by atoms with Crippen LogP contribution in [-0.4, -0.2) is 31.2 Å². The van der Waals surface area contributed by atoms with Crippen LogP contribution in [0.15, 0.2) is 36.4 Å². The Morgan fingerprint density at radius 2 is 2.09 bits per heavy atom. The van der Waals surface area contributed by atoms with Crippen LogP contribution in [0.3, 0.4) is 0 Å². The van der Waals surface area contributed by atoms with E-state index in [0.29, 0.717) is 17.0 Å². The van der Waals surface area contributed by atoms with Gasteiger partial charge in [0.1, 0.15) is 18.2 Å². The number of piperazine rings is 1. The minimum Gasteiger partial charge on any atom is -0.473 e. The summed E-state index contributed by atoms with van der Waals surface area (Å²) in [4.78, 5) is 6.70. The summed E-state index contributed by atoms with van der Waals surface area (Å²) < 4.78 is 19.5. The van der Waals surface area contributed by atoms with E-state index in [1.807, 2.05) is 12.1 Å². The average molecular weight is 311 g/mol. The van der Waals surface area contributed by atoms with Crippen molar-refractivity contribution in [3.63, 3.8) is 0 Å². The molecule has 0 spiro atoms. The van der Waals surface area contributed by atoms with Gasteiger partial charge in [0.15, 0.2) is 0 Å². The van der Waals surface area contributed by atoms with E-state index in [9.17, 15) is 4.39 Å². The number of halogens is 1. The summed E-state index contributed by atoms with van der Waals surface area (Å²) in [5.74, 6) is 3.42. The van der Waals surface area contributed by atoms with Gasteiger partial charge >= 0.3 is 0 Å². The highest BCUT2D eigenvalue weighted by Gasteiger charge is 2.12. The summed E-state index contributed by atoms with van der Waals surface area (Å²) in [5.41, 5.74) is 0.975. The quantitative estimate of drug-likeness (QED) is 0.878. The monoisotopic (exact) mass is 311 g/mol. The van der Waals surface area contributed by atoms with Crippen LogP contribution in [0.5, 0.6) is 5.88 Å². The van der Waals surface area contributed by atoms with Gasteiger partial charge in [-0.25, -0.2) is 4.39 Å². The molecule has 1 fully saturated rings. The molecule has 23 heavy (non-hydrogen) atoms. The highest BCUT2D eigenvalue weighted by Crippen LogP contribution is 2.18. The smallest absolute Gasteiger partial charge is 0.215 e. The lowest BCUT2D eigenvalue weighted by Gasteiger charge is -2.28. The first-order valence-electron chi connectivity index (χ1n) is 7.57. The van der Waals surface area contributed by atoms with Gasteiger partial charge < -0.3 is 15.0 Å². The molecule has 3 rings (SSSR count). The Kier molecular flexibility index (Phi) is 4.74. The molecular weight excluding hydrogens is 293 g/mol. The van der Waals surface area contributed by atoms with Gasteiger partial charge in [0.2, 0.25) is 5.88 Å². The van der Waals surface area contributed by atoms with E-state index in [1.54, 1.807) is 18.2 Å². The van der Waals surface area contributed by atoms with E-state index in [4.69, 9.17) is 11.2 Å². The third-order valence-electron chi connectivity index (χ3n) is 3.75. The zero-order valence-corrected chi connectivity index (χ0v) is 12.8. The molecule has 1 aromatic carbocycles. The van der Waals surface area contributed by atoms with Crippen molar-refractivity contribution in [3.05, 3.63) is 53.3 Å². The van der Waals surface area contributed by atoms with E-state index in [1.165, 1.54) is 6.07 Å². The second-order valence-corrected chi connectivity index (χ2v) is 5.31. The zero-order chi connectivity index (χ0) is 16.1. The Bertz CT molecular complexity index is 720. The number of rotatable bonds is 4. The fraction of sp³-hybridized carbons (Fsp3) is 0.278. The molecule has 4 nitrogen and oxygen atoms in total. The van der Waals surface area contributed by atoms with Crippen molar-refractivity contribution >= 4 is 5.82 Å². The predicted molar refractivity (Wildman–Crippen MR) is 88.0 cm³/mol. The highest BCUT2D eigenvalue weighted by atomic mass is 19.1. The number of pyridine rings is 1. The third kappa shape index (κ3) is 3.79. The normalized spacial score (nSPS) is 14.3. The molecule has 0 atom stereocenters. The first kappa shape index (κ1) is 15.3. The number of hydrogen-bond acceptors (Lipinski definition) is 4. The van der Waals surface area contributed by atoms with Crippen molar-refractivity contribution < 1.29 is 9.13 Å². The molecule has 2 aromatic rings. The summed E-state index contributed by atoms with van der Waals surface area (Å²) in [7, 11) is 0. The van der Waals surface area contributed by atoms with Crippen LogP contribution >= 0.6 is 0 Å². The largest absolute Gasteiger partial charge is 0.473 e. The standard InChI is InChI=1S/C18H18FN3O/c1-2-14-6-7-15(16(19)12-14)13-23-18-5-3-4-17(21-18)22-10-8-20-9-11-22/h1,3-7,12,20H,8-11,13H2. The number of benzene rings is 1. The molecule has 1 aliphatic heterocycles. The maximum atomic E-state index is 13.9. The number of nitrogens with one attached hydrogen (secondary N) is 1. The summed E-state index contributed by atoms with van der Waals surface area (Å²) >= 11 is 0. The molecule has 1 N–H and O–H groups in total. The topological polar surface area (TPSA) is 37.4 Å². The summed E-state index contributed by atoms with van der Waals surface area (Å²) in [5, 5.41) is 3.30. The molecule has 0 radical (unpaired) electrons. The fourth-order valence-corrected chi connectivity index (χ4v) is 2.46. The minimum atomic E-state index is -0.362. The van der Waals surface area contributed by atoms with E-state index in [2.05, 4.69) is 21.1 Å². The lowest BCUT2D eigenvalue weighted by atomic mass is 10.1. The second-order valence-electron chi connectivity index (χ2n) is 5.31. The summed E-state index contributed by atoms with van der Waals surface area (Å²) in [6.07, 6.45) is 5.25. The van der Waals surface area contributed by atoms with Crippen molar-refractivity contribution in [2.75, 3.05) is 31.1 Å². The molecule has 0 unspecified atom stereocenters. The molecule has 0 aliphatic carbocycles. The molecule has 1 aliphatic rings. The van der Waals surface area contributed by atoms with Crippen molar-refractivity contribution in [2.45, 2.75) is 6.61 Å². The predicted octanol–water partition coefficient (Wildman–Crippen LogP) is 2.19. The number of terminal acetylenes is 1. The summed E-state index contributed by atoms with van der Waals surface area (Å²) in [6.45, 7) is 3.84. The molecule has 1 saturated heterocycles. The average Bonchev–Trinajstić information content (AvgIpc) is 2.61. The van der Waals surface area contributed by atoms with E-state index in [0.717, 1.165) is 32.0 Å².